The van der Waals surface area contributed by atoms with Crippen molar-refractivity contribution in [2.24, 2.45) is 0 Å². The van der Waals surface area contributed by atoms with E-state index in [-0.39, 0.29) is 36.5 Å². The second kappa shape index (κ2) is 27.6. The molecule has 0 unspecified atom stereocenters. The van der Waals surface area contributed by atoms with E-state index in [1.165, 1.54) is 49.2 Å². The molecule has 15 aromatic rings. The Bertz CT molecular complexity index is 5510. The van der Waals surface area contributed by atoms with Gasteiger partial charge in [0, 0.05) is 153 Å². The van der Waals surface area contributed by atoms with Crippen molar-refractivity contribution in [3.63, 3.8) is 0 Å². The number of pyridine rings is 10. The van der Waals surface area contributed by atoms with Crippen molar-refractivity contribution in [3.05, 3.63) is 241 Å². The summed E-state index contributed by atoms with van der Waals surface area (Å²) in [6.45, 7) is 2.08. The molecule has 0 atom stereocenters. The lowest BCUT2D eigenvalue weighted by molar-refractivity contribution is 0.202. The van der Waals surface area contributed by atoms with E-state index >= 15 is 0 Å². The number of nitrogens with zero attached hydrogens (tertiary/aromatic N) is 12. The first kappa shape index (κ1) is 63.1. The van der Waals surface area contributed by atoms with Crippen LogP contribution in [0, 0.1) is 17.5 Å². The number of piperidine rings is 1. The number of nitrogen functional groups attached to an aromatic ring is 1. The van der Waals surface area contributed by atoms with Crippen molar-refractivity contribution in [2.45, 2.75) is 19.3 Å². The zero-order valence-electron chi connectivity index (χ0n) is 52.3. The number of hydrogen-bond acceptors (Lipinski definition) is 15. The third kappa shape index (κ3) is 12.7. The number of anilines is 3. The van der Waals surface area contributed by atoms with E-state index < -0.39 is 0 Å². The van der Waals surface area contributed by atoms with Crippen LogP contribution in [0.3, 0.4) is 0 Å². The molecule has 15 nitrogen and oxygen atoms in total. The molecule has 97 heavy (non-hydrogen) atoms. The second-order valence-electron chi connectivity index (χ2n) is 23.2. The summed E-state index contributed by atoms with van der Waals surface area (Å²) in [5, 5.41) is 18.2. The van der Waals surface area contributed by atoms with Gasteiger partial charge in [0.1, 0.15) is 35.6 Å². The number of nitrogens with two attached hydrogens (primary N) is 1. The fraction of sp³-hybridized carbons (Fsp3) is 0.117. The van der Waals surface area contributed by atoms with Crippen molar-refractivity contribution in [1.29, 1.82) is 0 Å². The number of ether oxygens (including phenoxy) is 1. The Labute approximate surface area is 564 Å². The Morgan fingerprint density at radius 3 is 1.58 bits per heavy atom. The number of fused-ring (bicyclic) bond motifs is 6. The monoisotopic (exact) mass is 1320 g/mol. The van der Waals surface area contributed by atoms with Gasteiger partial charge < -0.3 is 25.4 Å². The molecule has 20 heteroatoms. The Kier molecular flexibility index (Phi) is 17.9. The van der Waals surface area contributed by atoms with E-state index in [4.69, 9.17) is 38.8 Å². The number of hydrogen-bond donors (Lipinski definition) is 2. The van der Waals surface area contributed by atoms with Gasteiger partial charge in [0.2, 0.25) is 0 Å². The fourth-order valence-electron chi connectivity index (χ4n) is 12.6. The van der Waals surface area contributed by atoms with Crippen LogP contribution in [0.15, 0.2) is 213 Å². The van der Waals surface area contributed by atoms with Gasteiger partial charge in [-0.25, -0.2) is 48.1 Å². The number of benzene rings is 5. The number of aliphatic hydroxyl groups is 1. The minimum atomic E-state index is -0.379. The second-order valence-corrected chi connectivity index (χ2v) is 24.1. The predicted octanol–water partition coefficient (Wildman–Crippen LogP) is 17.7. The number of rotatable bonds is 11. The number of halogens is 5. The van der Waals surface area contributed by atoms with Gasteiger partial charge in [-0.3, -0.25) is 15.0 Å². The van der Waals surface area contributed by atoms with Gasteiger partial charge in [-0.1, -0.05) is 47.5 Å². The summed E-state index contributed by atoms with van der Waals surface area (Å²) >= 11 is 12.3. The maximum Gasteiger partial charge on any atom is 0.160 e. The summed E-state index contributed by atoms with van der Waals surface area (Å²) in [5.74, 6) is -0.415. The van der Waals surface area contributed by atoms with Gasteiger partial charge >= 0.3 is 0 Å². The third-order valence-corrected chi connectivity index (χ3v) is 17.5. The minimum Gasteiger partial charge on any atom is -0.489 e. The minimum absolute atomic E-state index is 0.101. The molecule has 1 fully saturated rings. The summed E-state index contributed by atoms with van der Waals surface area (Å²) in [6.07, 6.45) is 19.3. The standard InChI is InChI=1S/C28H22ClFN4.C25H18ClFN4.C24H18FN5O2/c29-18-6-8-25(30)23(15-18)26-16-22(21-5-4-11-32-28(21)33-26)19-7-9-27(34-13-2-1-3-14-34)24-17-31-12-10-20(19)24;1-31(2)24-8-6-16(17-9-11-28-14-21(17)24)19-13-23(20-12-15(26)5-7-22(20)27)30-25-18(19)4-3-10-29-25;25-18-6-2-1-4-15(18)19-12-17(14-5-3-8-28-24(14)30-19)22-16-7-9-27-23(26)21(16)20(13-29-22)32-11-10-31/h4-12,15-17H,1-3,13-14H2;3-14H,1-2H3;1-9,12-13,31H,10-11H2,(H2,26,27). The summed E-state index contributed by atoms with van der Waals surface area (Å²) in [7, 11) is 4.01. The number of aromatic nitrogens is 10. The smallest absolute Gasteiger partial charge is 0.160 e. The van der Waals surface area contributed by atoms with E-state index in [1.54, 1.807) is 85.7 Å². The van der Waals surface area contributed by atoms with Crippen molar-refractivity contribution < 1.29 is 23.0 Å². The van der Waals surface area contributed by atoms with Crippen molar-refractivity contribution in [3.8, 4) is 73.0 Å². The third-order valence-electron chi connectivity index (χ3n) is 17.1. The molecule has 5 aromatic carbocycles. The quantitative estimate of drug-likeness (QED) is 0.124. The summed E-state index contributed by atoms with van der Waals surface area (Å²) < 4.78 is 49.6. The van der Waals surface area contributed by atoms with E-state index in [9.17, 15) is 13.2 Å². The molecular weight excluding hydrogens is 1270 g/mol. The molecule has 0 amide bonds. The molecule has 10 aromatic heterocycles. The summed E-state index contributed by atoms with van der Waals surface area (Å²) in [6, 6.07) is 46.9. The van der Waals surface area contributed by atoms with Gasteiger partial charge in [0.15, 0.2) is 16.9 Å². The zero-order valence-corrected chi connectivity index (χ0v) is 53.9. The van der Waals surface area contributed by atoms with Crippen LogP contribution in [0.4, 0.5) is 30.4 Å². The van der Waals surface area contributed by atoms with E-state index in [0.717, 1.165) is 84.3 Å². The maximum absolute atomic E-state index is 14.8. The van der Waals surface area contributed by atoms with Crippen molar-refractivity contribution >= 4 is 106 Å². The van der Waals surface area contributed by atoms with Gasteiger partial charge in [0.25, 0.3) is 0 Å². The van der Waals surface area contributed by atoms with Crippen LogP contribution < -0.4 is 20.3 Å². The first-order valence-corrected chi connectivity index (χ1v) is 32.0. The molecule has 0 saturated carbocycles. The maximum atomic E-state index is 14.8. The Hall–Kier alpha value is -11.3. The van der Waals surface area contributed by atoms with Crippen LogP contribution in [0.5, 0.6) is 5.75 Å². The lowest BCUT2D eigenvalue weighted by Gasteiger charge is -2.30. The highest BCUT2D eigenvalue weighted by Gasteiger charge is 2.23. The molecule has 0 radical (unpaired) electrons. The molecule has 0 spiro atoms. The molecular formula is C77H58Cl2F3N13O2. The molecule has 1 saturated heterocycles. The van der Waals surface area contributed by atoms with E-state index in [0.29, 0.717) is 83.0 Å². The normalized spacial score (nSPS) is 12.2. The fourth-order valence-corrected chi connectivity index (χ4v) is 12.9. The van der Waals surface area contributed by atoms with E-state index in [2.05, 4.69) is 90.0 Å². The van der Waals surface area contributed by atoms with Crippen molar-refractivity contribution in [1.82, 2.24) is 49.8 Å². The molecule has 3 N–H and O–H groups in total. The molecule has 16 rings (SSSR count). The summed E-state index contributed by atoms with van der Waals surface area (Å²) in [5.41, 5.74) is 17.8. The molecule has 1 aliphatic heterocycles. The van der Waals surface area contributed by atoms with Gasteiger partial charge in [-0.05, 0) is 186 Å². The molecule has 0 bridgehead atoms. The highest BCUT2D eigenvalue weighted by molar-refractivity contribution is 6.31. The molecule has 11 heterocycles. The van der Waals surface area contributed by atoms with Crippen LogP contribution in [0.1, 0.15) is 19.3 Å². The lowest BCUT2D eigenvalue weighted by Crippen LogP contribution is -2.29. The van der Waals surface area contributed by atoms with Gasteiger partial charge in [-0.2, -0.15) is 0 Å². The van der Waals surface area contributed by atoms with Crippen LogP contribution in [-0.2, 0) is 0 Å². The van der Waals surface area contributed by atoms with Crippen LogP contribution in [-0.4, -0.2) is 95.3 Å². The first-order chi connectivity index (χ1) is 47.4. The van der Waals surface area contributed by atoms with Crippen molar-refractivity contribution in [2.75, 3.05) is 55.9 Å². The zero-order chi connectivity index (χ0) is 66.7. The topological polar surface area (TPSA) is 191 Å². The van der Waals surface area contributed by atoms with Crippen LogP contribution >= 0.6 is 23.2 Å². The lowest BCUT2D eigenvalue weighted by atomic mass is 9.94. The van der Waals surface area contributed by atoms with E-state index in [1.807, 2.05) is 87.3 Å². The molecule has 478 valence electrons. The Morgan fingerprint density at radius 2 is 0.990 bits per heavy atom. The number of aliphatic hydroxyl groups excluding tert-OH is 1. The SMILES string of the molecule is CN(C)c1ccc(-c2cc(-c3cc(Cl)ccc3F)nc3ncccc23)c2ccncc12.Fc1ccc(Cl)cc1-c1cc(-c2ccc(N3CCCCC3)c3cnccc23)c2cccnc2n1.Nc1nccc2c(-c3cc(-c4ccccc4F)nc4ncccc34)ncc(OCCO)c12. The van der Waals surface area contributed by atoms with Crippen LogP contribution in [0.25, 0.3) is 133 Å². The highest BCUT2D eigenvalue weighted by Crippen LogP contribution is 2.43. The van der Waals surface area contributed by atoms with Gasteiger partial charge in [0.05, 0.1) is 41.0 Å². The van der Waals surface area contributed by atoms with Gasteiger partial charge in [-0.15, -0.1) is 0 Å². The highest BCUT2D eigenvalue weighted by atomic mass is 35.5. The average molecular weight is 1330 g/mol. The van der Waals surface area contributed by atoms with Crippen LogP contribution in [0.2, 0.25) is 10.0 Å². The average Bonchev–Trinajstić information content (AvgIpc) is 0.772. The predicted molar refractivity (Wildman–Crippen MR) is 382 cm³/mol. The summed E-state index contributed by atoms with van der Waals surface area (Å²) in [4.78, 5) is 49.3. The largest absolute Gasteiger partial charge is 0.489 e. The Morgan fingerprint density at radius 1 is 0.464 bits per heavy atom. The molecule has 0 aliphatic carbocycles. The molecule has 1 aliphatic rings. The Balaban J connectivity index is 0.000000125. The first-order valence-electron chi connectivity index (χ1n) is 31.3.